The van der Waals surface area contributed by atoms with Crippen LogP contribution in [-0.2, 0) is 0 Å². The van der Waals surface area contributed by atoms with E-state index in [0.717, 1.165) is 17.1 Å². The predicted octanol–water partition coefficient (Wildman–Crippen LogP) is 3.35. The lowest BCUT2D eigenvalue weighted by molar-refractivity contribution is 0.585. The third-order valence-corrected chi connectivity index (χ3v) is 3.21. The number of nitrogens with two attached hydrogens (primary N) is 1. The molecule has 0 aliphatic rings. The van der Waals surface area contributed by atoms with Gasteiger partial charge in [-0.2, -0.15) is 0 Å². The summed E-state index contributed by atoms with van der Waals surface area (Å²) in [6, 6.07) is 4.89. The lowest BCUT2D eigenvalue weighted by atomic mass is 10.1. The van der Waals surface area contributed by atoms with E-state index in [0.29, 0.717) is 5.56 Å². The third-order valence-electron chi connectivity index (χ3n) is 1.93. The Bertz CT molecular complexity index is 299. The summed E-state index contributed by atoms with van der Waals surface area (Å²) in [5, 5.41) is 0. The lowest BCUT2D eigenvalue weighted by Crippen LogP contribution is -2.09. The van der Waals surface area contributed by atoms with E-state index in [1.54, 1.807) is 17.8 Å². The van der Waals surface area contributed by atoms with Crippen molar-refractivity contribution in [2.45, 2.75) is 31.2 Å². The van der Waals surface area contributed by atoms with E-state index in [9.17, 15) is 4.39 Å². The van der Waals surface area contributed by atoms with Crippen molar-refractivity contribution in [3.63, 3.8) is 0 Å². The van der Waals surface area contributed by atoms with Crippen LogP contribution in [0.15, 0.2) is 23.1 Å². The van der Waals surface area contributed by atoms with Crippen molar-refractivity contribution in [2.75, 3.05) is 5.75 Å². The Balaban J connectivity index is 2.96. The Morgan fingerprint density at radius 1 is 1.50 bits per heavy atom. The van der Waals surface area contributed by atoms with Crippen LogP contribution in [0.4, 0.5) is 4.39 Å². The monoisotopic (exact) mass is 213 g/mol. The normalized spacial score (nSPS) is 12.9. The van der Waals surface area contributed by atoms with Gasteiger partial charge in [0.15, 0.2) is 0 Å². The Morgan fingerprint density at radius 3 is 2.79 bits per heavy atom. The van der Waals surface area contributed by atoms with E-state index < -0.39 is 0 Å². The smallest absolute Gasteiger partial charge is 0.129 e. The molecule has 0 fully saturated rings. The minimum Gasteiger partial charge on any atom is -0.324 e. The highest BCUT2D eigenvalue weighted by atomic mass is 32.2. The number of halogens is 1. The highest BCUT2D eigenvalue weighted by Crippen LogP contribution is 2.28. The first-order chi connectivity index (χ1) is 6.66. The molecule has 3 heteroatoms. The first-order valence-electron chi connectivity index (χ1n) is 4.83. The van der Waals surface area contributed by atoms with E-state index in [-0.39, 0.29) is 11.9 Å². The topological polar surface area (TPSA) is 26.0 Å². The number of hydrogen-bond acceptors (Lipinski definition) is 2. The van der Waals surface area contributed by atoms with Crippen molar-refractivity contribution in [1.82, 2.24) is 0 Å². The fraction of sp³-hybridized carbons (Fsp3) is 0.455. The summed E-state index contributed by atoms with van der Waals surface area (Å²) in [5.74, 6) is 0.810. The van der Waals surface area contributed by atoms with Crippen molar-refractivity contribution in [3.05, 3.63) is 29.6 Å². The zero-order chi connectivity index (χ0) is 10.6. The average molecular weight is 213 g/mol. The van der Waals surface area contributed by atoms with Crippen LogP contribution in [0.25, 0.3) is 0 Å². The second-order valence-corrected chi connectivity index (χ2v) is 4.43. The molecule has 0 aromatic heterocycles. The van der Waals surface area contributed by atoms with Crippen LogP contribution in [0, 0.1) is 5.82 Å². The second kappa shape index (κ2) is 5.37. The highest BCUT2D eigenvalue weighted by Gasteiger charge is 2.11. The summed E-state index contributed by atoms with van der Waals surface area (Å²) < 4.78 is 13.4. The molecule has 0 spiro atoms. The quantitative estimate of drug-likeness (QED) is 0.776. The molecule has 1 atom stereocenters. The van der Waals surface area contributed by atoms with Crippen LogP contribution in [0.1, 0.15) is 31.9 Å². The van der Waals surface area contributed by atoms with E-state index in [1.807, 2.05) is 13.0 Å². The van der Waals surface area contributed by atoms with E-state index in [4.69, 9.17) is 5.73 Å². The minimum atomic E-state index is -0.240. The van der Waals surface area contributed by atoms with Gasteiger partial charge in [0.25, 0.3) is 0 Å². The zero-order valence-corrected chi connectivity index (χ0v) is 9.40. The summed E-state index contributed by atoms with van der Waals surface area (Å²) in [4.78, 5) is 0.974. The molecule has 0 amide bonds. The average Bonchev–Trinajstić information content (AvgIpc) is 2.14. The molecule has 0 saturated heterocycles. The second-order valence-electron chi connectivity index (χ2n) is 3.29. The molecule has 1 rings (SSSR count). The Kier molecular flexibility index (Phi) is 4.42. The predicted molar refractivity (Wildman–Crippen MR) is 60.0 cm³/mol. The Morgan fingerprint density at radius 2 is 2.21 bits per heavy atom. The van der Waals surface area contributed by atoms with Gasteiger partial charge in [-0.3, -0.25) is 0 Å². The summed E-state index contributed by atoms with van der Waals surface area (Å²) >= 11 is 1.67. The molecule has 0 saturated carbocycles. The van der Waals surface area contributed by atoms with Crippen molar-refractivity contribution in [2.24, 2.45) is 5.73 Å². The SMILES string of the molecule is CCCSc1cccc(F)c1C(C)N. The fourth-order valence-corrected chi connectivity index (χ4v) is 2.33. The number of hydrogen-bond donors (Lipinski definition) is 1. The molecular weight excluding hydrogens is 197 g/mol. The van der Waals surface area contributed by atoms with Gasteiger partial charge < -0.3 is 5.73 Å². The zero-order valence-electron chi connectivity index (χ0n) is 8.59. The van der Waals surface area contributed by atoms with Gasteiger partial charge in [0, 0.05) is 16.5 Å². The largest absolute Gasteiger partial charge is 0.324 e. The number of thioether (sulfide) groups is 1. The highest BCUT2D eigenvalue weighted by molar-refractivity contribution is 7.99. The molecule has 1 aromatic carbocycles. The first-order valence-corrected chi connectivity index (χ1v) is 5.82. The van der Waals surface area contributed by atoms with Gasteiger partial charge in [0.2, 0.25) is 0 Å². The van der Waals surface area contributed by atoms with Crippen LogP contribution < -0.4 is 5.73 Å². The van der Waals surface area contributed by atoms with Gasteiger partial charge in [-0.1, -0.05) is 13.0 Å². The van der Waals surface area contributed by atoms with Crippen LogP contribution in [-0.4, -0.2) is 5.75 Å². The Labute approximate surface area is 88.9 Å². The van der Waals surface area contributed by atoms with Crippen LogP contribution in [0.3, 0.4) is 0 Å². The first kappa shape index (κ1) is 11.5. The number of benzene rings is 1. The molecule has 0 bridgehead atoms. The van der Waals surface area contributed by atoms with Gasteiger partial charge in [0.05, 0.1) is 0 Å². The van der Waals surface area contributed by atoms with Crippen LogP contribution in [0.2, 0.25) is 0 Å². The van der Waals surface area contributed by atoms with Crippen molar-refractivity contribution in [3.8, 4) is 0 Å². The van der Waals surface area contributed by atoms with E-state index in [1.165, 1.54) is 6.07 Å². The summed E-state index contributed by atoms with van der Waals surface area (Å²) in [6.45, 7) is 3.92. The molecule has 1 unspecified atom stereocenters. The van der Waals surface area contributed by atoms with Crippen molar-refractivity contribution >= 4 is 11.8 Å². The van der Waals surface area contributed by atoms with Crippen molar-refractivity contribution < 1.29 is 4.39 Å². The molecular formula is C11H16FNS. The summed E-state index contributed by atoms with van der Waals surface area (Å²) in [5.41, 5.74) is 6.38. The van der Waals surface area contributed by atoms with Gasteiger partial charge in [0.1, 0.15) is 5.82 Å². The lowest BCUT2D eigenvalue weighted by Gasteiger charge is -2.12. The fourth-order valence-electron chi connectivity index (χ4n) is 1.30. The van der Waals surface area contributed by atoms with E-state index >= 15 is 0 Å². The Hall–Kier alpha value is -0.540. The molecule has 1 nitrogen and oxygen atoms in total. The molecule has 0 aliphatic carbocycles. The number of rotatable bonds is 4. The molecule has 14 heavy (non-hydrogen) atoms. The van der Waals surface area contributed by atoms with Crippen LogP contribution >= 0.6 is 11.8 Å². The molecule has 1 aromatic rings. The maximum absolute atomic E-state index is 13.4. The third kappa shape index (κ3) is 2.72. The maximum Gasteiger partial charge on any atom is 0.129 e. The molecule has 0 aliphatic heterocycles. The summed E-state index contributed by atoms with van der Waals surface area (Å²) in [7, 11) is 0. The molecule has 0 radical (unpaired) electrons. The maximum atomic E-state index is 13.4. The minimum absolute atomic E-state index is 0.193. The molecule has 78 valence electrons. The van der Waals surface area contributed by atoms with Crippen LogP contribution in [0.5, 0.6) is 0 Å². The molecule has 2 N–H and O–H groups in total. The van der Waals surface area contributed by atoms with Gasteiger partial charge in [-0.15, -0.1) is 11.8 Å². The standard InChI is InChI=1S/C11H16FNS/c1-3-7-14-10-6-4-5-9(12)11(10)8(2)13/h4-6,8H,3,7,13H2,1-2H3. The van der Waals surface area contributed by atoms with Crippen molar-refractivity contribution in [1.29, 1.82) is 0 Å². The summed E-state index contributed by atoms with van der Waals surface area (Å²) in [6.07, 6.45) is 1.08. The van der Waals surface area contributed by atoms with Gasteiger partial charge in [-0.05, 0) is 31.2 Å². The van der Waals surface area contributed by atoms with Gasteiger partial charge in [-0.25, -0.2) is 4.39 Å². The van der Waals surface area contributed by atoms with E-state index in [2.05, 4.69) is 6.92 Å². The molecule has 0 heterocycles. The van der Waals surface area contributed by atoms with Gasteiger partial charge >= 0.3 is 0 Å².